The zero-order valence-corrected chi connectivity index (χ0v) is 15.6. The van der Waals surface area contributed by atoms with Gasteiger partial charge in [0.15, 0.2) is 5.96 Å². The minimum atomic E-state index is -0.392. The Hall–Kier alpha value is -2.16. The first-order valence-electron chi connectivity index (χ1n) is 7.48. The summed E-state index contributed by atoms with van der Waals surface area (Å²) >= 11 is 0. The molecule has 0 spiro atoms. The number of nitrogens with zero attached hydrogens (tertiary/aromatic N) is 3. The van der Waals surface area contributed by atoms with Crippen LogP contribution in [-0.4, -0.2) is 24.5 Å². The van der Waals surface area contributed by atoms with Gasteiger partial charge in [-0.2, -0.15) is 0 Å². The standard InChI is InChI=1S/C17H18N4O2.HI/c1-18-17(20-11-10-14-4-2-3-5-16(14)20)19-12-13-6-8-15(9-7-13)21(22)23;/h2-9H,10-12H2,1H3,(H,18,19);1H. The summed E-state index contributed by atoms with van der Waals surface area (Å²) in [5.41, 5.74) is 3.59. The lowest BCUT2D eigenvalue weighted by atomic mass is 10.2. The second-order valence-corrected chi connectivity index (χ2v) is 5.35. The van der Waals surface area contributed by atoms with E-state index >= 15 is 0 Å². The molecule has 3 rings (SSSR count). The molecule has 0 saturated carbocycles. The van der Waals surface area contributed by atoms with Gasteiger partial charge >= 0.3 is 0 Å². The van der Waals surface area contributed by atoms with Gasteiger partial charge in [0, 0.05) is 38.0 Å². The summed E-state index contributed by atoms with van der Waals surface area (Å²) in [5.74, 6) is 0.813. The van der Waals surface area contributed by atoms with Crippen molar-refractivity contribution >= 4 is 41.3 Å². The van der Waals surface area contributed by atoms with Crippen molar-refractivity contribution in [2.24, 2.45) is 4.99 Å². The van der Waals surface area contributed by atoms with E-state index in [0.717, 1.165) is 24.5 Å². The largest absolute Gasteiger partial charge is 0.352 e. The highest BCUT2D eigenvalue weighted by atomic mass is 127. The Morgan fingerprint density at radius 2 is 1.96 bits per heavy atom. The monoisotopic (exact) mass is 438 g/mol. The number of fused-ring (bicyclic) bond motifs is 1. The van der Waals surface area contributed by atoms with Crippen molar-refractivity contribution in [2.75, 3.05) is 18.5 Å². The second-order valence-electron chi connectivity index (χ2n) is 5.35. The molecule has 0 radical (unpaired) electrons. The lowest BCUT2D eigenvalue weighted by Gasteiger charge is -2.22. The van der Waals surface area contributed by atoms with E-state index in [9.17, 15) is 10.1 Å². The van der Waals surface area contributed by atoms with Crippen LogP contribution in [0, 0.1) is 10.1 Å². The molecule has 0 fully saturated rings. The van der Waals surface area contributed by atoms with Crippen LogP contribution < -0.4 is 10.2 Å². The van der Waals surface area contributed by atoms with E-state index in [-0.39, 0.29) is 29.7 Å². The number of para-hydroxylation sites is 1. The minimum Gasteiger partial charge on any atom is -0.352 e. The zero-order valence-electron chi connectivity index (χ0n) is 13.3. The predicted molar refractivity (Wildman–Crippen MR) is 106 cm³/mol. The average molecular weight is 438 g/mol. The molecule has 1 aliphatic rings. The molecule has 1 N–H and O–H groups in total. The topological polar surface area (TPSA) is 70.8 Å². The summed E-state index contributed by atoms with van der Waals surface area (Å²) in [4.78, 5) is 16.8. The molecule has 1 heterocycles. The summed E-state index contributed by atoms with van der Waals surface area (Å²) in [5, 5.41) is 14.0. The lowest BCUT2D eigenvalue weighted by molar-refractivity contribution is -0.384. The van der Waals surface area contributed by atoms with E-state index in [4.69, 9.17) is 0 Å². The highest BCUT2D eigenvalue weighted by Gasteiger charge is 2.22. The molecule has 126 valence electrons. The Labute approximate surface area is 157 Å². The van der Waals surface area contributed by atoms with Crippen LogP contribution in [0.2, 0.25) is 0 Å². The maximum Gasteiger partial charge on any atom is 0.269 e. The maximum atomic E-state index is 10.7. The molecule has 0 bridgehead atoms. The maximum absolute atomic E-state index is 10.7. The van der Waals surface area contributed by atoms with Crippen LogP contribution in [-0.2, 0) is 13.0 Å². The summed E-state index contributed by atoms with van der Waals surface area (Å²) in [7, 11) is 1.76. The van der Waals surface area contributed by atoms with E-state index < -0.39 is 4.92 Å². The molecule has 0 unspecified atom stereocenters. The van der Waals surface area contributed by atoms with E-state index in [1.807, 2.05) is 6.07 Å². The van der Waals surface area contributed by atoms with Gasteiger partial charge in [-0.25, -0.2) is 0 Å². The quantitative estimate of drug-likeness (QED) is 0.262. The number of aliphatic imine (C=N–C) groups is 1. The van der Waals surface area contributed by atoms with Gasteiger partial charge in [0.1, 0.15) is 0 Å². The Morgan fingerprint density at radius 1 is 1.25 bits per heavy atom. The number of rotatable bonds is 3. The van der Waals surface area contributed by atoms with Crippen LogP contribution in [0.1, 0.15) is 11.1 Å². The molecule has 2 aromatic carbocycles. The fraction of sp³-hybridized carbons (Fsp3) is 0.235. The van der Waals surface area contributed by atoms with Gasteiger partial charge in [0.05, 0.1) is 4.92 Å². The SMILES string of the molecule is CN=C(NCc1ccc([N+](=O)[O-])cc1)N1CCc2ccccc21.I. The molecule has 0 aliphatic carbocycles. The van der Waals surface area contributed by atoms with Gasteiger partial charge < -0.3 is 10.2 Å². The third-order valence-corrected chi connectivity index (χ3v) is 3.95. The first-order chi connectivity index (χ1) is 11.2. The Kier molecular flexibility index (Phi) is 6.13. The van der Waals surface area contributed by atoms with Gasteiger partial charge in [-0.3, -0.25) is 15.1 Å². The molecule has 0 atom stereocenters. The van der Waals surface area contributed by atoms with Gasteiger partial charge in [0.25, 0.3) is 5.69 Å². The summed E-state index contributed by atoms with van der Waals surface area (Å²) in [6.07, 6.45) is 1.01. The highest BCUT2D eigenvalue weighted by Crippen LogP contribution is 2.27. The molecular formula is C17H19IN4O2. The van der Waals surface area contributed by atoms with Crippen LogP contribution in [0.4, 0.5) is 11.4 Å². The van der Waals surface area contributed by atoms with Gasteiger partial charge in [-0.05, 0) is 23.6 Å². The molecule has 6 nitrogen and oxygen atoms in total. The van der Waals surface area contributed by atoms with E-state index in [0.29, 0.717) is 6.54 Å². The van der Waals surface area contributed by atoms with Crippen molar-refractivity contribution in [3.05, 3.63) is 69.8 Å². The van der Waals surface area contributed by atoms with E-state index in [1.165, 1.54) is 23.4 Å². The average Bonchev–Trinajstić information content (AvgIpc) is 3.00. The Balaban J connectivity index is 0.00000208. The smallest absolute Gasteiger partial charge is 0.269 e. The zero-order chi connectivity index (χ0) is 16.2. The van der Waals surface area contributed by atoms with Gasteiger partial charge in [-0.1, -0.05) is 30.3 Å². The molecular weight excluding hydrogens is 419 g/mol. The van der Waals surface area contributed by atoms with Crippen LogP contribution in [0.5, 0.6) is 0 Å². The normalized spacial score (nSPS) is 13.2. The van der Waals surface area contributed by atoms with E-state index in [2.05, 4.69) is 33.4 Å². The third kappa shape index (κ3) is 3.84. The first kappa shape index (κ1) is 18.2. The molecule has 2 aromatic rings. The molecule has 7 heteroatoms. The number of nitrogens with one attached hydrogen (secondary N) is 1. The molecule has 24 heavy (non-hydrogen) atoms. The lowest BCUT2D eigenvalue weighted by Crippen LogP contribution is -2.40. The number of nitro groups is 1. The first-order valence-corrected chi connectivity index (χ1v) is 7.48. The van der Waals surface area contributed by atoms with Crippen molar-refractivity contribution in [3.63, 3.8) is 0 Å². The fourth-order valence-electron chi connectivity index (χ4n) is 2.77. The Morgan fingerprint density at radius 3 is 2.62 bits per heavy atom. The molecule has 1 aliphatic heterocycles. The number of non-ortho nitro benzene ring substituents is 1. The number of anilines is 1. The van der Waals surface area contributed by atoms with Gasteiger partial charge in [0.2, 0.25) is 0 Å². The second kappa shape index (κ2) is 8.09. The molecule has 0 amide bonds. The summed E-state index contributed by atoms with van der Waals surface area (Å²) in [6.45, 7) is 1.47. The van der Waals surface area contributed by atoms with Crippen molar-refractivity contribution in [1.82, 2.24) is 5.32 Å². The molecule has 0 saturated heterocycles. The van der Waals surface area contributed by atoms with Crippen LogP contribution in [0.3, 0.4) is 0 Å². The number of hydrogen-bond acceptors (Lipinski definition) is 3. The van der Waals surface area contributed by atoms with Crippen molar-refractivity contribution in [2.45, 2.75) is 13.0 Å². The summed E-state index contributed by atoms with van der Waals surface area (Å²) in [6, 6.07) is 14.9. The van der Waals surface area contributed by atoms with Crippen LogP contribution in [0.25, 0.3) is 0 Å². The number of benzene rings is 2. The number of halogens is 1. The Bertz CT molecular complexity index is 747. The summed E-state index contributed by atoms with van der Waals surface area (Å²) < 4.78 is 0. The van der Waals surface area contributed by atoms with E-state index in [1.54, 1.807) is 19.2 Å². The number of guanidine groups is 1. The third-order valence-electron chi connectivity index (χ3n) is 3.95. The van der Waals surface area contributed by atoms with Crippen molar-refractivity contribution < 1.29 is 4.92 Å². The number of nitro benzene ring substituents is 1. The van der Waals surface area contributed by atoms with Crippen molar-refractivity contribution in [1.29, 1.82) is 0 Å². The molecule has 0 aromatic heterocycles. The fourth-order valence-corrected chi connectivity index (χ4v) is 2.77. The van der Waals surface area contributed by atoms with Crippen LogP contribution >= 0.6 is 24.0 Å². The number of hydrogen-bond donors (Lipinski definition) is 1. The predicted octanol–water partition coefficient (Wildman–Crippen LogP) is 3.35. The minimum absolute atomic E-state index is 0. The van der Waals surface area contributed by atoms with Crippen LogP contribution in [0.15, 0.2) is 53.5 Å². The van der Waals surface area contributed by atoms with Crippen molar-refractivity contribution in [3.8, 4) is 0 Å². The van der Waals surface area contributed by atoms with Gasteiger partial charge in [-0.15, -0.1) is 24.0 Å². The highest BCUT2D eigenvalue weighted by molar-refractivity contribution is 14.0.